The first kappa shape index (κ1) is 21.0. The van der Waals surface area contributed by atoms with Gasteiger partial charge in [-0.25, -0.2) is 9.97 Å². The smallest absolute Gasteiger partial charge is 0.227 e. The molecule has 172 valence electrons. The van der Waals surface area contributed by atoms with E-state index in [1.807, 2.05) is 72.8 Å². The molecule has 6 heteroatoms. The Morgan fingerprint density at radius 3 is 1.40 bits per heavy atom. The normalized spacial score (nSPS) is 11.3. The number of rotatable bonds is 6. The van der Waals surface area contributed by atoms with Gasteiger partial charge < -0.3 is 18.3 Å². The Bertz CT molecular complexity index is 1510. The van der Waals surface area contributed by atoms with Gasteiger partial charge in [0.1, 0.15) is 22.5 Å². The van der Waals surface area contributed by atoms with Crippen LogP contribution in [0.25, 0.3) is 45.1 Å². The summed E-state index contributed by atoms with van der Waals surface area (Å²) in [5.41, 5.74) is 7.25. The second-order valence-electron chi connectivity index (χ2n) is 8.28. The van der Waals surface area contributed by atoms with Gasteiger partial charge in [0.25, 0.3) is 0 Å². The molecule has 0 aliphatic rings. The zero-order chi connectivity index (χ0) is 23.8. The molecular weight excluding hydrogens is 440 g/mol. The van der Waals surface area contributed by atoms with Crippen LogP contribution >= 0.6 is 0 Å². The Morgan fingerprint density at radius 2 is 1.00 bits per heavy atom. The van der Waals surface area contributed by atoms with E-state index in [9.17, 15) is 0 Å². The van der Waals surface area contributed by atoms with E-state index in [-0.39, 0.29) is 0 Å². The standard InChI is InChI=1S/C29H22N2O4/c1-32-22-9-5-20(6-10-22)28-30-24-13-3-18(16-26(24)34-28)15-19-4-14-25-27(17-19)35-29(31-25)21-7-11-23(33-2)12-8-21/h3-14,16-17H,15H2,1-2H3. The molecule has 0 spiro atoms. The maximum atomic E-state index is 6.06. The molecule has 2 heterocycles. The molecule has 0 saturated heterocycles. The lowest BCUT2D eigenvalue weighted by Crippen LogP contribution is -1.87. The van der Waals surface area contributed by atoms with Crippen LogP contribution < -0.4 is 9.47 Å². The fourth-order valence-electron chi connectivity index (χ4n) is 4.11. The van der Waals surface area contributed by atoms with E-state index in [4.69, 9.17) is 18.3 Å². The van der Waals surface area contributed by atoms with Gasteiger partial charge in [0, 0.05) is 11.1 Å². The van der Waals surface area contributed by atoms with Gasteiger partial charge in [0.05, 0.1) is 14.2 Å². The van der Waals surface area contributed by atoms with Crippen LogP contribution in [0.3, 0.4) is 0 Å². The van der Waals surface area contributed by atoms with Gasteiger partial charge in [0.15, 0.2) is 11.2 Å². The van der Waals surface area contributed by atoms with Crippen LogP contribution in [0.2, 0.25) is 0 Å². The highest BCUT2D eigenvalue weighted by atomic mass is 16.5. The van der Waals surface area contributed by atoms with E-state index in [1.54, 1.807) is 14.2 Å². The lowest BCUT2D eigenvalue weighted by atomic mass is 10.0. The van der Waals surface area contributed by atoms with Crippen molar-refractivity contribution in [1.82, 2.24) is 9.97 Å². The fraction of sp³-hybridized carbons (Fsp3) is 0.103. The molecule has 0 bridgehead atoms. The SMILES string of the molecule is COc1ccc(-c2nc3ccc(Cc4ccc5nc(-c6ccc(OC)cc6)oc5c4)cc3o2)cc1. The molecule has 0 fully saturated rings. The Kier molecular flexibility index (Phi) is 5.19. The van der Waals surface area contributed by atoms with Crippen molar-refractivity contribution in [2.45, 2.75) is 6.42 Å². The van der Waals surface area contributed by atoms with Crippen molar-refractivity contribution in [3.63, 3.8) is 0 Å². The van der Waals surface area contributed by atoms with Crippen molar-refractivity contribution in [3.05, 3.63) is 96.1 Å². The Balaban J connectivity index is 1.25. The molecular formula is C29H22N2O4. The Hall–Kier alpha value is -4.58. The molecule has 0 amide bonds. The third kappa shape index (κ3) is 4.10. The van der Waals surface area contributed by atoms with Crippen LogP contribution in [0.15, 0.2) is 93.8 Å². The van der Waals surface area contributed by atoms with Crippen molar-refractivity contribution in [2.75, 3.05) is 14.2 Å². The van der Waals surface area contributed by atoms with Crippen molar-refractivity contribution >= 4 is 22.2 Å². The largest absolute Gasteiger partial charge is 0.497 e. The molecule has 6 aromatic rings. The number of fused-ring (bicyclic) bond motifs is 2. The summed E-state index contributed by atoms with van der Waals surface area (Å²) >= 11 is 0. The molecule has 35 heavy (non-hydrogen) atoms. The van der Waals surface area contributed by atoms with Crippen LogP contribution in [0.1, 0.15) is 11.1 Å². The molecule has 6 rings (SSSR count). The van der Waals surface area contributed by atoms with Crippen molar-refractivity contribution in [2.24, 2.45) is 0 Å². The summed E-state index contributed by atoms with van der Waals surface area (Å²) in [6.07, 6.45) is 0.739. The molecule has 2 aromatic heterocycles. The molecule has 0 atom stereocenters. The summed E-state index contributed by atoms with van der Waals surface area (Å²) in [5, 5.41) is 0. The predicted molar refractivity (Wildman–Crippen MR) is 135 cm³/mol. The first-order valence-electron chi connectivity index (χ1n) is 11.3. The minimum atomic E-state index is 0.592. The van der Waals surface area contributed by atoms with Crippen molar-refractivity contribution in [1.29, 1.82) is 0 Å². The van der Waals surface area contributed by atoms with Crippen molar-refractivity contribution < 1.29 is 18.3 Å². The van der Waals surface area contributed by atoms with Crippen LogP contribution in [0.5, 0.6) is 11.5 Å². The molecule has 0 unspecified atom stereocenters. The lowest BCUT2D eigenvalue weighted by molar-refractivity contribution is 0.414. The zero-order valence-electron chi connectivity index (χ0n) is 19.3. The Labute approximate surface area is 201 Å². The summed E-state index contributed by atoms with van der Waals surface area (Å²) in [6, 6.07) is 27.6. The summed E-state index contributed by atoms with van der Waals surface area (Å²) < 4.78 is 22.6. The van der Waals surface area contributed by atoms with E-state index in [0.29, 0.717) is 11.8 Å². The first-order valence-corrected chi connectivity index (χ1v) is 11.3. The minimum absolute atomic E-state index is 0.592. The van der Waals surface area contributed by atoms with E-state index in [2.05, 4.69) is 22.1 Å². The molecule has 6 nitrogen and oxygen atoms in total. The van der Waals surface area contributed by atoms with Gasteiger partial charge in [-0.3, -0.25) is 0 Å². The summed E-state index contributed by atoms with van der Waals surface area (Å²) in [7, 11) is 3.30. The minimum Gasteiger partial charge on any atom is -0.497 e. The summed E-state index contributed by atoms with van der Waals surface area (Å²) in [5.74, 6) is 2.78. The molecule has 0 aliphatic carbocycles. The van der Waals surface area contributed by atoms with Crippen molar-refractivity contribution in [3.8, 4) is 34.4 Å². The topological polar surface area (TPSA) is 70.5 Å². The lowest BCUT2D eigenvalue weighted by Gasteiger charge is -2.01. The highest BCUT2D eigenvalue weighted by Gasteiger charge is 2.12. The molecule has 0 N–H and O–H groups in total. The maximum absolute atomic E-state index is 6.06. The Morgan fingerprint density at radius 1 is 0.571 bits per heavy atom. The zero-order valence-corrected chi connectivity index (χ0v) is 19.3. The van der Waals surface area contributed by atoms with E-state index < -0.39 is 0 Å². The van der Waals surface area contributed by atoms with Crippen LogP contribution in [0, 0.1) is 0 Å². The number of nitrogens with zero attached hydrogens (tertiary/aromatic N) is 2. The quantitative estimate of drug-likeness (QED) is 0.268. The molecule has 0 radical (unpaired) electrons. The predicted octanol–water partition coefficient (Wildman–Crippen LogP) is 6.91. The number of hydrogen-bond acceptors (Lipinski definition) is 6. The maximum Gasteiger partial charge on any atom is 0.227 e. The second-order valence-corrected chi connectivity index (χ2v) is 8.28. The first-order chi connectivity index (χ1) is 17.2. The van der Waals surface area contributed by atoms with Crippen LogP contribution in [0.4, 0.5) is 0 Å². The van der Waals surface area contributed by atoms with Crippen LogP contribution in [-0.2, 0) is 6.42 Å². The highest BCUT2D eigenvalue weighted by Crippen LogP contribution is 2.29. The second kappa shape index (κ2) is 8.65. The van der Waals surface area contributed by atoms with Crippen LogP contribution in [-0.4, -0.2) is 24.2 Å². The van der Waals surface area contributed by atoms with Gasteiger partial charge in [-0.2, -0.15) is 0 Å². The molecule has 0 saturated carbocycles. The van der Waals surface area contributed by atoms with Gasteiger partial charge in [0.2, 0.25) is 11.8 Å². The average Bonchev–Trinajstić information content (AvgIpc) is 3.52. The molecule has 4 aromatic carbocycles. The van der Waals surface area contributed by atoms with E-state index >= 15 is 0 Å². The summed E-state index contributed by atoms with van der Waals surface area (Å²) in [4.78, 5) is 9.26. The van der Waals surface area contributed by atoms with E-state index in [0.717, 1.165) is 62.4 Å². The highest BCUT2D eigenvalue weighted by molar-refractivity contribution is 5.78. The number of aromatic nitrogens is 2. The number of benzene rings is 4. The monoisotopic (exact) mass is 462 g/mol. The van der Waals surface area contributed by atoms with Gasteiger partial charge in [-0.15, -0.1) is 0 Å². The van der Waals surface area contributed by atoms with E-state index in [1.165, 1.54) is 0 Å². The number of methoxy groups -OCH3 is 2. The van der Waals surface area contributed by atoms with Gasteiger partial charge >= 0.3 is 0 Å². The summed E-state index contributed by atoms with van der Waals surface area (Å²) in [6.45, 7) is 0. The average molecular weight is 463 g/mol. The molecule has 0 aliphatic heterocycles. The third-order valence-corrected chi connectivity index (χ3v) is 5.99. The number of hydrogen-bond donors (Lipinski definition) is 0. The van der Waals surface area contributed by atoms with Gasteiger partial charge in [-0.05, 0) is 90.3 Å². The number of ether oxygens (including phenoxy) is 2. The fourth-order valence-corrected chi connectivity index (χ4v) is 4.11. The number of oxazole rings is 2. The third-order valence-electron chi connectivity index (χ3n) is 5.99. The van der Waals surface area contributed by atoms with Gasteiger partial charge in [-0.1, -0.05) is 12.1 Å².